The number of thiazole rings is 1. The highest BCUT2D eigenvalue weighted by Crippen LogP contribution is 2.28. The Kier molecular flexibility index (Phi) is 1.98. The third kappa shape index (κ3) is 1.19. The van der Waals surface area contributed by atoms with Crippen LogP contribution in [0.5, 0.6) is 0 Å². The van der Waals surface area contributed by atoms with E-state index in [-0.39, 0.29) is 0 Å². The van der Waals surface area contributed by atoms with Gasteiger partial charge in [0.05, 0.1) is 5.69 Å². The molecule has 0 amide bonds. The number of hydrogen-bond acceptors (Lipinski definition) is 3. The molecular weight excluding hydrogens is 168 g/mol. The summed E-state index contributed by atoms with van der Waals surface area (Å²) in [6, 6.07) is 0.472. The van der Waals surface area contributed by atoms with E-state index >= 15 is 0 Å². The number of nitrogens with one attached hydrogen (secondary N) is 1. The minimum Gasteiger partial charge on any atom is -0.309 e. The molecule has 2 rings (SSSR count). The highest BCUT2D eigenvalue weighted by atomic mass is 32.1. The molecule has 0 aromatic carbocycles. The average molecular weight is 180 g/mol. The maximum Gasteiger partial charge on any atom is 0.116 e. The van der Waals surface area contributed by atoms with Crippen molar-refractivity contribution in [2.45, 2.75) is 19.4 Å². The summed E-state index contributed by atoms with van der Waals surface area (Å²) in [6.07, 6.45) is 2.89. The van der Waals surface area contributed by atoms with Crippen molar-refractivity contribution in [1.82, 2.24) is 10.3 Å². The molecule has 0 aliphatic carbocycles. The lowest BCUT2D eigenvalue weighted by molar-refractivity contribution is 0.544. The van der Waals surface area contributed by atoms with Gasteiger partial charge in [-0.05, 0) is 13.0 Å². The summed E-state index contributed by atoms with van der Waals surface area (Å²) in [5, 5.41) is 4.46. The Bertz CT molecular complexity index is 303. The van der Waals surface area contributed by atoms with E-state index < -0.39 is 0 Å². The fraction of sp³-hybridized carbons (Fsp3) is 0.444. The third-order valence-corrected chi connectivity index (χ3v) is 3.40. The van der Waals surface area contributed by atoms with Crippen molar-refractivity contribution in [3.8, 4) is 0 Å². The van der Waals surface area contributed by atoms with Gasteiger partial charge in [-0.2, -0.15) is 0 Å². The average Bonchev–Trinajstić information content (AvgIpc) is 2.49. The molecule has 0 fully saturated rings. The van der Waals surface area contributed by atoms with Gasteiger partial charge in [-0.25, -0.2) is 4.98 Å². The van der Waals surface area contributed by atoms with Crippen molar-refractivity contribution in [2.24, 2.45) is 0 Å². The smallest absolute Gasteiger partial charge is 0.116 e. The quantitative estimate of drug-likeness (QED) is 0.715. The van der Waals surface area contributed by atoms with Gasteiger partial charge < -0.3 is 5.32 Å². The molecular formula is C9H12N2S. The van der Waals surface area contributed by atoms with E-state index in [1.165, 1.54) is 10.6 Å². The lowest BCUT2D eigenvalue weighted by Crippen LogP contribution is -2.26. The van der Waals surface area contributed by atoms with E-state index in [0.717, 1.165) is 18.0 Å². The summed E-state index contributed by atoms with van der Waals surface area (Å²) >= 11 is 1.75. The van der Waals surface area contributed by atoms with Crippen LogP contribution in [0.4, 0.5) is 0 Å². The van der Waals surface area contributed by atoms with Crippen LogP contribution < -0.4 is 5.32 Å². The van der Waals surface area contributed by atoms with Gasteiger partial charge >= 0.3 is 0 Å². The molecule has 1 N–H and O–H groups in total. The standard InChI is InChI=1S/C9H12N2S/c1-3-8-11-7-4-5-10-6(2)9(7)12-8/h3,6,10H,1,4-5H2,2H3/t6-/m1/s1. The fourth-order valence-corrected chi connectivity index (χ4v) is 2.48. The van der Waals surface area contributed by atoms with Crippen molar-refractivity contribution in [3.05, 3.63) is 22.2 Å². The van der Waals surface area contributed by atoms with Crippen LogP contribution in [0.2, 0.25) is 0 Å². The maximum absolute atomic E-state index is 4.48. The first kappa shape index (κ1) is 7.95. The van der Waals surface area contributed by atoms with Crippen LogP contribution >= 0.6 is 11.3 Å². The van der Waals surface area contributed by atoms with Crippen LogP contribution in [0.25, 0.3) is 6.08 Å². The van der Waals surface area contributed by atoms with Crippen molar-refractivity contribution < 1.29 is 0 Å². The minimum atomic E-state index is 0.472. The van der Waals surface area contributed by atoms with Crippen molar-refractivity contribution in [3.63, 3.8) is 0 Å². The zero-order valence-electron chi connectivity index (χ0n) is 7.13. The summed E-state index contributed by atoms with van der Waals surface area (Å²) in [4.78, 5) is 5.87. The molecule has 0 saturated carbocycles. The summed E-state index contributed by atoms with van der Waals surface area (Å²) in [5.74, 6) is 0. The van der Waals surface area contributed by atoms with E-state index in [1.807, 2.05) is 6.08 Å². The molecule has 12 heavy (non-hydrogen) atoms. The molecule has 1 atom stereocenters. The van der Waals surface area contributed by atoms with Crippen LogP contribution in [0, 0.1) is 0 Å². The fourth-order valence-electron chi connectivity index (χ4n) is 1.49. The summed E-state index contributed by atoms with van der Waals surface area (Å²) in [6.45, 7) is 6.96. The second kappa shape index (κ2) is 2.99. The number of nitrogens with zero attached hydrogens (tertiary/aromatic N) is 1. The van der Waals surface area contributed by atoms with Gasteiger partial charge in [-0.15, -0.1) is 11.3 Å². The van der Waals surface area contributed by atoms with Crippen molar-refractivity contribution >= 4 is 17.4 Å². The van der Waals surface area contributed by atoms with Gasteiger partial charge in [-0.1, -0.05) is 6.58 Å². The molecule has 1 aromatic rings. The molecule has 0 unspecified atom stereocenters. The van der Waals surface area contributed by atoms with E-state index in [1.54, 1.807) is 11.3 Å². The Hall–Kier alpha value is -0.670. The van der Waals surface area contributed by atoms with E-state index in [4.69, 9.17) is 0 Å². The maximum atomic E-state index is 4.48. The molecule has 1 aromatic heterocycles. The number of hydrogen-bond donors (Lipinski definition) is 1. The van der Waals surface area contributed by atoms with Gasteiger partial charge in [0.2, 0.25) is 0 Å². The second-order valence-corrected chi connectivity index (χ2v) is 4.06. The Labute approximate surface area is 76.3 Å². The Morgan fingerprint density at radius 1 is 1.75 bits per heavy atom. The number of rotatable bonds is 1. The SMILES string of the molecule is C=Cc1nc2c(s1)[C@@H](C)NCC2. The topological polar surface area (TPSA) is 24.9 Å². The first-order valence-electron chi connectivity index (χ1n) is 4.16. The third-order valence-electron chi connectivity index (χ3n) is 2.12. The highest BCUT2D eigenvalue weighted by molar-refractivity contribution is 7.12. The van der Waals surface area contributed by atoms with Crippen LogP contribution in [0.15, 0.2) is 6.58 Å². The van der Waals surface area contributed by atoms with Crippen LogP contribution in [-0.2, 0) is 6.42 Å². The molecule has 0 radical (unpaired) electrons. The zero-order valence-corrected chi connectivity index (χ0v) is 7.95. The minimum absolute atomic E-state index is 0.472. The normalized spacial score (nSPS) is 21.9. The Balaban J connectivity index is 2.43. The summed E-state index contributed by atoms with van der Waals surface area (Å²) in [7, 11) is 0. The lowest BCUT2D eigenvalue weighted by Gasteiger charge is -2.18. The Morgan fingerprint density at radius 2 is 2.58 bits per heavy atom. The monoisotopic (exact) mass is 180 g/mol. The molecule has 1 aliphatic heterocycles. The van der Waals surface area contributed by atoms with Crippen LogP contribution in [-0.4, -0.2) is 11.5 Å². The predicted octanol–water partition coefficient (Wildman–Crippen LogP) is 1.99. The molecule has 2 heterocycles. The summed E-state index contributed by atoms with van der Waals surface area (Å²) < 4.78 is 0. The van der Waals surface area contributed by atoms with Gasteiger partial charge in [0, 0.05) is 23.9 Å². The zero-order chi connectivity index (χ0) is 8.55. The van der Waals surface area contributed by atoms with E-state index in [2.05, 4.69) is 23.8 Å². The molecule has 3 heteroatoms. The van der Waals surface area contributed by atoms with Crippen molar-refractivity contribution in [2.75, 3.05) is 6.54 Å². The molecule has 0 bridgehead atoms. The first-order chi connectivity index (χ1) is 5.81. The van der Waals surface area contributed by atoms with Crippen LogP contribution in [0.1, 0.15) is 28.5 Å². The van der Waals surface area contributed by atoms with Crippen LogP contribution in [0.3, 0.4) is 0 Å². The van der Waals surface area contributed by atoms with E-state index in [0.29, 0.717) is 6.04 Å². The van der Waals surface area contributed by atoms with E-state index in [9.17, 15) is 0 Å². The largest absolute Gasteiger partial charge is 0.309 e. The number of aromatic nitrogens is 1. The number of fused-ring (bicyclic) bond motifs is 1. The molecule has 2 nitrogen and oxygen atoms in total. The molecule has 0 spiro atoms. The second-order valence-electron chi connectivity index (χ2n) is 2.99. The summed E-state index contributed by atoms with van der Waals surface area (Å²) in [5.41, 5.74) is 1.26. The van der Waals surface area contributed by atoms with Gasteiger partial charge in [0.1, 0.15) is 5.01 Å². The molecule has 1 aliphatic rings. The molecule has 0 saturated heterocycles. The van der Waals surface area contributed by atoms with Gasteiger partial charge in [0.25, 0.3) is 0 Å². The first-order valence-corrected chi connectivity index (χ1v) is 4.98. The highest BCUT2D eigenvalue weighted by Gasteiger charge is 2.19. The predicted molar refractivity (Wildman–Crippen MR) is 52.3 cm³/mol. The van der Waals surface area contributed by atoms with Crippen molar-refractivity contribution in [1.29, 1.82) is 0 Å². The Morgan fingerprint density at radius 3 is 3.25 bits per heavy atom. The van der Waals surface area contributed by atoms with Gasteiger partial charge in [0.15, 0.2) is 0 Å². The molecule has 64 valence electrons. The lowest BCUT2D eigenvalue weighted by atomic mass is 10.1. The van der Waals surface area contributed by atoms with Gasteiger partial charge in [-0.3, -0.25) is 0 Å².